The van der Waals surface area contributed by atoms with E-state index >= 15 is 0 Å². The summed E-state index contributed by atoms with van der Waals surface area (Å²) in [6, 6.07) is 9.36. The maximum Gasteiger partial charge on any atom is 0.255 e. The van der Waals surface area contributed by atoms with Crippen LogP contribution in [0.25, 0.3) is 0 Å². The molecule has 2 rings (SSSR count). The second-order valence-corrected chi connectivity index (χ2v) is 4.92. The van der Waals surface area contributed by atoms with Gasteiger partial charge in [0.2, 0.25) is 0 Å². The van der Waals surface area contributed by atoms with Gasteiger partial charge in [-0.15, -0.1) is 0 Å². The summed E-state index contributed by atoms with van der Waals surface area (Å²) >= 11 is 3.30. The van der Waals surface area contributed by atoms with Crippen molar-refractivity contribution in [2.45, 2.75) is 13.8 Å². The molecule has 0 atom stereocenters. The normalized spacial score (nSPS) is 10.2. The van der Waals surface area contributed by atoms with Gasteiger partial charge in [0, 0.05) is 11.8 Å². The van der Waals surface area contributed by atoms with E-state index in [0.29, 0.717) is 15.9 Å². The minimum Gasteiger partial charge on any atom is -0.320 e. The Morgan fingerprint density at radius 2 is 1.89 bits per heavy atom. The first-order valence-electron chi connectivity index (χ1n) is 5.56. The monoisotopic (exact) mass is 304 g/mol. The van der Waals surface area contributed by atoms with Gasteiger partial charge in [-0.2, -0.15) is 0 Å². The van der Waals surface area contributed by atoms with Gasteiger partial charge in [-0.1, -0.05) is 17.2 Å². The third kappa shape index (κ3) is 2.96. The molecule has 3 nitrogen and oxygen atoms in total. The molecule has 0 aliphatic heterocycles. The lowest BCUT2D eigenvalue weighted by molar-refractivity contribution is 0.102. The van der Waals surface area contributed by atoms with Crippen LogP contribution >= 0.6 is 15.9 Å². The maximum absolute atomic E-state index is 12.1. The van der Waals surface area contributed by atoms with Crippen molar-refractivity contribution in [3.05, 3.63) is 57.8 Å². The van der Waals surface area contributed by atoms with E-state index in [1.165, 1.54) is 0 Å². The lowest BCUT2D eigenvalue weighted by Crippen LogP contribution is -2.13. The van der Waals surface area contributed by atoms with E-state index in [1.807, 2.05) is 32.0 Å². The maximum atomic E-state index is 12.1. The summed E-state index contributed by atoms with van der Waals surface area (Å²) in [5.41, 5.74) is 3.47. The van der Waals surface area contributed by atoms with Gasteiger partial charge in [-0.3, -0.25) is 4.79 Å². The standard InChI is InChI=1S/C14H13BrN2O/c1-9-6-10(2)8-11(7-9)14(18)17-12-4-3-5-16-13(12)15/h3-8H,1-2H3,(H,17,18). The second kappa shape index (κ2) is 5.31. The number of carbonyl (C=O) groups is 1. The summed E-state index contributed by atoms with van der Waals surface area (Å²) in [5, 5.41) is 2.83. The highest BCUT2D eigenvalue weighted by Gasteiger charge is 2.09. The van der Waals surface area contributed by atoms with Gasteiger partial charge in [0.25, 0.3) is 5.91 Å². The lowest BCUT2D eigenvalue weighted by Gasteiger charge is -2.08. The van der Waals surface area contributed by atoms with Crippen molar-refractivity contribution in [3.8, 4) is 0 Å². The van der Waals surface area contributed by atoms with Gasteiger partial charge in [-0.05, 0) is 54.0 Å². The molecule has 4 heteroatoms. The SMILES string of the molecule is Cc1cc(C)cc(C(=O)Nc2cccnc2Br)c1. The van der Waals surface area contributed by atoms with Crippen LogP contribution in [-0.2, 0) is 0 Å². The smallest absolute Gasteiger partial charge is 0.255 e. The topological polar surface area (TPSA) is 42.0 Å². The fraction of sp³-hybridized carbons (Fsp3) is 0.143. The van der Waals surface area contributed by atoms with Crippen LogP contribution in [0.5, 0.6) is 0 Å². The molecular weight excluding hydrogens is 292 g/mol. The van der Waals surface area contributed by atoms with E-state index in [-0.39, 0.29) is 5.91 Å². The molecule has 0 radical (unpaired) electrons. The Labute approximate surface area is 114 Å². The van der Waals surface area contributed by atoms with E-state index in [2.05, 4.69) is 26.2 Å². The highest BCUT2D eigenvalue weighted by Crippen LogP contribution is 2.19. The highest BCUT2D eigenvalue weighted by atomic mass is 79.9. The molecule has 0 unspecified atom stereocenters. The van der Waals surface area contributed by atoms with Gasteiger partial charge in [0.05, 0.1) is 5.69 Å². The van der Waals surface area contributed by atoms with Crippen molar-refractivity contribution in [2.75, 3.05) is 5.32 Å². The number of nitrogens with one attached hydrogen (secondary N) is 1. The molecule has 0 spiro atoms. The predicted molar refractivity (Wildman–Crippen MR) is 75.8 cm³/mol. The van der Waals surface area contributed by atoms with Crippen molar-refractivity contribution in [1.29, 1.82) is 0 Å². The molecule has 1 aromatic carbocycles. The molecule has 18 heavy (non-hydrogen) atoms. The number of carbonyl (C=O) groups excluding carboxylic acids is 1. The highest BCUT2D eigenvalue weighted by molar-refractivity contribution is 9.10. The Bertz CT molecular complexity index is 576. The van der Waals surface area contributed by atoms with Crippen LogP contribution < -0.4 is 5.32 Å². The zero-order chi connectivity index (χ0) is 13.1. The first-order valence-corrected chi connectivity index (χ1v) is 6.36. The van der Waals surface area contributed by atoms with Gasteiger partial charge >= 0.3 is 0 Å². The van der Waals surface area contributed by atoms with Crippen LogP contribution in [0.4, 0.5) is 5.69 Å². The summed E-state index contributed by atoms with van der Waals surface area (Å²) in [4.78, 5) is 16.2. The molecule has 0 saturated carbocycles. The third-order valence-corrected chi connectivity index (χ3v) is 3.12. The van der Waals surface area contributed by atoms with Gasteiger partial charge < -0.3 is 5.32 Å². The van der Waals surface area contributed by atoms with Crippen LogP contribution in [0, 0.1) is 13.8 Å². The van der Waals surface area contributed by atoms with Crippen molar-refractivity contribution < 1.29 is 4.79 Å². The molecule has 1 N–H and O–H groups in total. The first kappa shape index (κ1) is 12.8. The Morgan fingerprint density at radius 3 is 2.50 bits per heavy atom. The van der Waals surface area contributed by atoms with Crippen molar-refractivity contribution in [1.82, 2.24) is 4.98 Å². The summed E-state index contributed by atoms with van der Waals surface area (Å²) < 4.78 is 0.628. The molecule has 0 aliphatic carbocycles. The number of hydrogen-bond donors (Lipinski definition) is 1. The predicted octanol–water partition coefficient (Wildman–Crippen LogP) is 3.71. The number of amides is 1. The van der Waals surface area contributed by atoms with Crippen molar-refractivity contribution in [2.24, 2.45) is 0 Å². The van der Waals surface area contributed by atoms with E-state index in [1.54, 1.807) is 18.3 Å². The molecule has 92 valence electrons. The second-order valence-electron chi connectivity index (χ2n) is 4.17. The van der Waals surface area contributed by atoms with Gasteiger partial charge in [0.1, 0.15) is 4.60 Å². The number of halogens is 1. The van der Waals surface area contributed by atoms with Crippen LogP contribution in [-0.4, -0.2) is 10.9 Å². The average molecular weight is 305 g/mol. The Balaban J connectivity index is 2.25. The Morgan fingerprint density at radius 1 is 1.22 bits per heavy atom. The summed E-state index contributed by atoms with van der Waals surface area (Å²) in [5.74, 6) is -0.129. The molecule has 0 aliphatic rings. The largest absolute Gasteiger partial charge is 0.320 e. The third-order valence-electron chi connectivity index (χ3n) is 2.49. The average Bonchev–Trinajstić information content (AvgIpc) is 2.31. The lowest BCUT2D eigenvalue weighted by atomic mass is 10.1. The number of pyridine rings is 1. The van der Waals surface area contributed by atoms with Crippen molar-refractivity contribution >= 4 is 27.5 Å². The van der Waals surface area contributed by atoms with Gasteiger partial charge in [-0.25, -0.2) is 4.98 Å². The van der Waals surface area contributed by atoms with Crippen LogP contribution in [0.1, 0.15) is 21.5 Å². The summed E-state index contributed by atoms with van der Waals surface area (Å²) in [7, 11) is 0. The number of anilines is 1. The minimum absolute atomic E-state index is 0.129. The number of hydrogen-bond acceptors (Lipinski definition) is 2. The molecule has 0 saturated heterocycles. The number of rotatable bonds is 2. The molecular formula is C14H13BrN2O. The quantitative estimate of drug-likeness (QED) is 0.859. The number of aryl methyl sites for hydroxylation is 2. The number of aromatic nitrogens is 1. The first-order chi connectivity index (χ1) is 8.56. The molecule has 1 heterocycles. The number of nitrogens with zero attached hydrogens (tertiary/aromatic N) is 1. The fourth-order valence-corrected chi connectivity index (χ4v) is 2.13. The van der Waals surface area contributed by atoms with Crippen molar-refractivity contribution in [3.63, 3.8) is 0 Å². The Kier molecular flexibility index (Phi) is 3.77. The molecule has 2 aromatic rings. The number of benzene rings is 1. The van der Waals surface area contributed by atoms with Crippen LogP contribution in [0.15, 0.2) is 41.1 Å². The van der Waals surface area contributed by atoms with E-state index in [9.17, 15) is 4.79 Å². The van der Waals surface area contributed by atoms with E-state index in [0.717, 1.165) is 11.1 Å². The van der Waals surface area contributed by atoms with E-state index < -0.39 is 0 Å². The fourth-order valence-electron chi connectivity index (χ4n) is 1.78. The minimum atomic E-state index is -0.129. The van der Waals surface area contributed by atoms with Crippen LogP contribution in [0.3, 0.4) is 0 Å². The summed E-state index contributed by atoms with van der Waals surface area (Å²) in [6.07, 6.45) is 1.66. The molecule has 0 fully saturated rings. The zero-order valence-corrected chi connectivity index (χ0v) is 11.8. The van der Waals surface area contributed by atoms with E-state index in [4.69, 9.17) is 0 Å². The molecule has 1 aromatic heterocycles. The molecule has 0 bridgehead atoms. The Hall–Kier alpha value is -1.68. The zero-order valence-electron chi connectivity index (χ0n) is 10.2. The van der Waals surface area contributed by atoms with Gasteiger partial charge in [0.15, 0.2) is 0 Å². The summed E-state index contributed by atoms with van der Waals surface area (Å²) in [6.45, 7) is 3.95. The van der Waals surface area contributed by atoms with Crippen LogP contribution in [0.2, 0.25) is 0 Å². The molecule has 1 amide bonds.